The molecule has 1 fully saturated rings. The topological polar surface area (TPSA) is 59.1 Å². The van der Waals surface area contributed by atoms with Gasteiger partial charge in [-0.1, -0.05) is 36.4 Å². The third-order valence-electron chi connectivity index (χ3n) is 5.69. The van der Waals surface area contributed by atoms with Crippen LogP contribution in [0.3, 0.4) is 0 Å². The van der Waals surface area contributed by atoms with Crippen molar-refractivity contribution in [3.8, 4) is 16.9 Å². The third kappa shape index (κ3) is 4.85. The van der Waals surface area contributed by atoms with Crippen LogP contribution in [0.25, 0.3) is 11.1 Å². The Morgan fingerprint density at radius 3 is 2.33 bits per heavy atom. The second kappa shape index (κ2) is 8.51. The van der Waals surface area contributed by atoms with Crippen molar-refractivity contribution in [1.82, 2.24) is 0 Å². The van der Waals surface area contributed by atoms with Crippen LogP contribution >= 0.6 is 0 Å². The maximum Gasteiger partial charge on any atom is 0.416 e. The van der Waals surface area contributed by atoms with Gasteiger partial charge in [0, 0.05) is 0 Å². The number of ether oxygens (including phenoxy) is 2. The fraction of sp³-hybridized carbons (Fsp3) is 0.240. The Bertz CT molecular complexity index is 1170. The summed E-state index contributed by atoms with van der Waals surface area (Å²) in [5, 5.41) is 9.11. The number of aliphatic carboxylic acids is 1. The number of hydrogen-bond donors (Lipinski definition) is 1. The normalized spacial score (nSPS) is 19.8. The summed E-state index contributed by atoms with van der Waals surface area (Å²) in [7, 11) is 0. The number of carbonyl (C=O) groups is 1. The molecule has 0 aliphatic carbocycles. The van der Waals surface area contributed by atoms with E-state index in [1.165, 1.54) is 24.3 Å². The van der Waals surface area contributed by atoms with Crippen molar-refractivity contribution < 1.29 is 36.9 Å². The molecule has 2 atom stereocenters. The summed E-state index contributed by atoms with van der Waals surface area (Å²) in [5.41, 5.74) is 0.713. The van der Waals surface area contributed by atoms with Crippen LogP contribution in [0.15, 0.2) is 66.7 Å². The molecule has 3 aromatic carbocycles. The average Bonchev–Trinajstić information content (AvgIpc) is 3.41. The highest BCUT2D eigenvalue weighted by molar-refractivity contribution is 5.69. The molecule has 33 heavy (non-hydrogen) atoms. The van der Waals surface area contributed by atoms with Crippen molar-refractivity contribution in [2.45, 2.75) is 37.8 Å². The third-order valence-corrected chi connectivity index (χ3v) is 5.69. The van der Waals surface area contributed by atoms with Gasteiger partial charge in [-0.3, -0.25) is 4.79 Å². The Labute approximate surface area is 187 Å². The van der Waals surface area contributed by atoms with E-state index < -0.39 is 29.1 Å². The molecule has 0 amide bonds. The number of rotatable bonds is 7. The molecular formula is C25H20F4O4. The monoisotopic (exact) mass is 460 g/mol. The van der Waals surface area contributed by atoms with Gasteiger partial charge in [0.2, 0.25) is 0 Å². The number of carboxylic acid groups (broad SMARTS) is 1. The quantitative estimate of drug-likeness (QED) is 0.338. The van der Waals surface area contributed by atoms with E-state index in [1.54, 1.807) is 37.3 Å². The molecule has 0 radical (unpaired) electrons. The largest absolute Gasteiger partial charge is 0.486 e. The maximum absolute atomic E-state index is 14.6. The van der Waals surface area contributed by atoms with Gasteiger partial charge in [-0.2, -0.15) is 13.2 Å². The zero-order valence-corrected chi connectivity index (χ0v) is 17.5. The summed E-state index contributed by atoms with van der Waals surface area (Å²) in [6.07, 6.45) is -4.98. The molecule has 0 spiro atoms. The smallest absolute Gasteiger partial charge is 0.416 e. The van der Waals surface area contributed by atoms with Gasteiger partial charge in [0.15, 0.2) is 11.6 Å². The van der Waals surface area contributed by atoms with Crippen LogP contribution in [0, 0.1) is 5.82 Å². The highest BCUT2D eigenvalue weighted by atomic mass is 19.4. The van der Waals surface area contributed by atoms with Gasteiger partial charge in [0.1, 0.15) is 12.2 Å². The molecule has 2 unspecified atom stereocenters. The van der Waals surface area contributed by atoms with Gasteiger partial charge in [-0.05, 0) is 59.5 Å². The minimum atomic E-state index is -4.40. The lowest BCUT2D eigenvalue weighted by molar-refractivity contribution is -0.139. The maximum atomic E-state index is 14.6. The van der Waals surface area contributed by atoms with Gasteiger partial charge in [0.05, 0.1) is 18.1 Å². The number of benzene rings is 3. The molecule has 1 heterocycles. The van der Waals surface area contributed by atoms with Crippen LogP contribution < -0.4 is 4.74 Å². The number of alkyl halides is 3. The van der Waals surface area contributed by atoms with E-state index in [0.29, 0.717) is 22.3 Å². The molecule has 4 rings (SSSR count). The predicted octanol–water partition coefficient (Wildman–Crippen LogP) is 6.18. The van der Waals surface area contributed by atoms with Crippen LogP contribution in [0.4, 0.5) is 17.6 Å². The van der Waals surface area contributed by atoms with E-state index in [1.807, 2.05) is 0 Å². The van der Waals surface area contributed by atoms with Crippen molar-refractivity contribution >= 4 is 5.97 Å². The molecule has 8 heteroatoms. The lowest BCUT2D eigenvalue weighted by Crippen LogP contribution is -2.17. The number of hydrogen-bond acceptors (Lipinski definition) is 3. The van der Waals surface area contributed by atoms with Crippen molar-refractivity contribution in [3.63, 3.8) is 0 Å². The van der Waals surface area contributed by atoms with Crippen molar-refractivity contribution in [2.75, 3.05) is 0 Å². The van der Waals surface area contributed by atoms with E-state index in [4.69, 9.17) is 14.6 Å². The van der Waals surface area contributed by atoms with E-state index in [9.17, 15) is 22.4 Å². The van der Waals surface area contributed by atoms with Crippen LogP contribution in [0.2, 0.25) is 0 Å². The molecule has 1 aliphatic heterocycles. The first-order valence-corrected chi connectivity index (χ1v) is 10.2. The first-order valence-electron chi connectivity index (χ1n) is 10.2. The standard InChI is InChI=1S/C25H20F4O4/c1-15-24(33-15,13-23(30)31)20-9-10-22(21(26)12-20)32-14-16-3-2-4-18(11-16)17-5-7-19(8-6-17)25(27,28)29/h2-12,15H,13-14H2,1H3,(H,30,31). The van der Waals surface area contributed by atoms with Crippen LogP contribution in [0.1, 0.15) is 30.0 Å². The van der Waals surface area contributed by atoms with E-state index in [2.05, 4.69) is 0 Å². The Morgan fingerprint density at radius 1 is 1.06 bits per heavy atom. The zero-order chi connectivity index (χ0) is 23.8. The van der Waals surface area contributed by atoms with E-state index in [0.717, 1.165) is 12.1 Å². The molecule has 0 bridgehead atoms. The number of carboxylic acids is 1. The Balaban J connectivity index is 1.46. The van der Waals surface area contributed by atoms with Crippen LogP contribution in [0.5, 0.6) is 5.75 Å². The van der Waals surface area contributed by atoms with E-state index in [-0.39, 0.29) is 24.9 Å². The molecule has 3 aromatic rings. The zero-order valence-electron chi connectivity index (χ0n) is 17.5. The summed E-state index contributed by atoms with van der Waals surface area (Å²) in [5.74, 6) is -1.68. The lowest BCUT2D eigenvalue weighted by atomic mass is 9.92. The van der Waals surface area contributed by atoms with Crippen molar-refractivity contribution in [2.24, 2.45) is 0 Å². The summed E-state index contributed by atoms with van der Waals surface area (Å²) < 4.78 is 64.0. The van der Waals surface area contributed by atoms with E-state index >= 15 is 0 Å². The number of epoxide rings is 1. The number of halogens is 4. The second-order valence-electron chi connectivity index (χ2n) is 7.93. The Hall–Kier alpha value is -3.39. The first-order chi connectivity index (χ1) is 15.6. The lowest BCUT2D eigenvalue weighted by Gasteiger charge is -2.13. The highest BCUT2D eigenvalue weighted by Gasteiger charge is 2.56. The summed E-state index contributed by atoms with van der Waals surface area (Å²) in [6, 6.07) is 16.1. The fourth-order valence-electron chi connectivity index (χ4n) is 3.83. The van der Waals surface area contributed by atoms with Gasteiger partial charge in [0.25, 0.3) is 0 Å². The van der Waals surface area contributed by atoms with Crippen LogP contribution in [-0.2, 0) is 27.9 Å². The van der Waals surface area contributed by atoms with Crippen LogP contribution in [-0.4, -0.2) is 17.2 Å². The summed E-state index contributed by atoms with van der Waals surface area (Å²) >= 11 is 0. The first kappa shape index (κ1) is 22.8. The molecule has 0 saturated carbocycles. The molecule has 4 nitrogen and oxygen atoms in total. The molecule has 1 saturated heterocycles. The predicted molar refractivity (Wildman–Crippen MR) is 112 cm³/mol. The minimum Gasteiger partial charge on any atom is -0.486 e. The van der Waals surface area contributed by atoms with Gasteiger partial charge < -0.3 is 14.6 Å². The van der Waals surface area contributed by atoms with Gasteiger partial charge in [-0.15, -0.1) is 0 Å². The summed E-state index contributed by atoms with van der Waals surface area (Å²) in [6.45, 7) is 1.77. The van der Waals surface area contributed by atoms with Crippen molar-refractivity contribution in [1.29, 1.82) is 0 Å². The van der Waals surface area contributed by atoms with Crippen molar-refractivity contribution in [3.05, 3.63) is 89.2 Å². The van der Waals surface area contributed by atoms with Gasteiger partial charge in [-0.25, -0.2) is 4.39 Å². The molecule has 172 valence electrons. The average molecular weight is 460 g/mol. The molecular weight excluding hydrogens is 440 g/mol. The minimum absolute atomic E-state index is 0.00235. The molecule has 1 aliphatic rings. The molecule has 1 N–H and O–H groups in total. The Morgan fingerprint density at radius 2 is 1.76 bits per heavy atom. The van der Waals surface area contributed by atoms with Gasteiger partial charge >= 0.3 is 12.1 Å². The highest BCUT2D eigenvalue weighted by Crippen LogP contribution is 2.49. The summed E-state index contributed by atoms with van der Waals surface area (Å²) in [4.78, 5) is 11.1. The molecule has 0 aromatic heterocycles. The SMILES string of the molecule is CC1OC1(CC(=O)O)c1ccc(OCc2cccc(-c3ccc(C(F)(F)F)cc3)c2)c(F)c1. The second-order valence-corrected chi connectivity index (χ2v) is 7.93. The Kier molecular flexibility index (Phi) is 5.88. The fourth-order valence-corrected chi connectivity index (χ4v) is 3.83.